The van der Waals surface area contributed by atoms with Crippen molar-refractivity contribution in [1.29, 1.82) is 5.26 Å². The van der Waals surface area contributed by atoms with Gasteiger partial charge in [0.25, 0.3) is 5.91 Å². The van der Waals surface area contributed by atoms with E-state index in [1.54, 1.807) is 29.2 Å². The third-order valence-corrected chi connectivity index (χ3v) is 4.33. The van der Waals surface area contributed by atoms with Crippen LogP contribution in [0.3, 0.4) is 0 Å². The van der Waals surface area contributed by atoms with Crippen LogP contribution in [0.25, 0.3) is 0 Å². The summed E-state index contributed by atoms with van der Waals surface area (Å²) in [6.07, 6.45) is 2.05. The van der Waals surface area contributed by atoms with Crippen LogP contribution in [0.5, 0.6) is 5.75 Å². The molecular weight excluding hydrogens is 318 g/mol. The summed E-state index contributed by atoms with van der Waals surface area (Å²) >= 11 is 0. The molecule has 1 N–H and O–H groups in total. The molecule has 25 heavy (non-hydrogen) atoms. The lowest BCUT2D eigenvalue weighted by Crippen LogP contribution is -2.50. The molecule has 1 unspecified atom stereocenters. The Morgan fingerprint density at radius 1 is 1.44 bits per heavy atom. The van der Waals surface area contributed by atoms with E-state index in [1.807, 2.05) is 13.8 Å². The molecule has 1 saturated heterocycles. The van der Waals surface area contributed by atoms with Gasteiger partial charge in [-0.2, -0.15) is 5.26 Å². The monoisotopic (exact) mass is 343 g/mol. The number of ether oxygens (including phenoxy) is 1. The third kappa shape index (κ3) is 4.72. The number of nitriles is 1. The maximum atomic E-state index is 12.9. The van der Waals surface area contributed by atoms with Gasteiger partial charge in [-0.1, -0.05) is 19.9 Å². The van der Waals surface area contributed by atoms with Gasteiger partial charge in [0.05, 0.1) is 13.2 Å². The van der Waals surface area contributed by atoms with E-state index in [0.717, 1.165) is 6.42 Å². The van der Waals surface area contributed by atoms with Crippen LogP contribution in [0.2, 0.25) is 0 Å². The quantitative estimate of drug-likeness (QED) is 0.859. The molecule has 2 rings (SSSR count). The summed E-state index contributed by atoms with van der Waals surface area (Å²) in [6.45, 7) is 4.58. The molecule has 1 aromatic rings. The van der Waals surface area contributed by atoms with Crippen molar-refractivity contribution in [2.45, 2.75) is 45.2 Å². The molecule has 0 aromatic heterocycles. The van der Waals surface area contributed by atoms with Gasteiger partial charge in [-0.15, -0.1) is 0 Å². The number of amides is 2. The van der Waals surface area contributed by atoms with Gasteiger partial charge in [-0.25, -0.2) is 0 Å². The van der Waals surface area contributed by atoms with Crippen molar-refractivity contribution in [3.8, 4) is 11.8 Å². The fourth-order valence-corrected chi connectivity index (χ4v) is 3.06. The number of hydrogen-bond donors (Lipinski definition) is 1. The van der Waals surface area contributed by atoms with Crippen LogP contribution in [-0.4, -0.2) is 42.5 Å². The van der Waals surface area contributed by atoms with Crippen LogP contribution in [0.15, 0.2) is 24.3 Å². The second-order valence-electron chi connectivity index (χ2n) is 6.71. The Morgan fingerprint density at radius 3 is 2.84 bits per heavy atom. The number of carbonyl (C=O) groups excluding carboxylic acids is 2. The highest BCUT2D eigenvalue weighted by molar-refractivity contribution is 5.98. The van der Waals surface area contributed by atoms with E-state index >= 15 is 0 Å². The number of rotatable bonds is 6. The molecule has 1 aliphatic heterocycles. The van der Waals surface area contributed by atoms with Crippen LogP contribution < -0.4 is 10.1 Å². The highest BCUT2D eigenvalue weighted by Crippen LogP contribution is 2.20. The van der Waals surface area contributed by atoms with Crippen molar-refractivity contribution < 1.29 is 14.3 Å². The average Bonchev–Trinajstić information content (AvgIpc) is 3.08. The Kier molecular flexibility index (Phi) is 6.40. The smallest absolute Gasteiger partial charge is 0.252 e. The van der Waals surface area contributed by atoms with Crippen LogP contribution in [0, 0.1) is 17.2 Å². The third-order valence-electron chi connectivity index (χ3n) is 4.33. The standard InChI is InChI=1S/C19H25N3O3/c1-13(2)10-17(19(24)22-9-5-7-15(22)12-20)21-18(23)14-6-4-8-16(11-14)25-3/h4,6,8,11,13,15,17H,5,7,9-10H2,1-3H3,(H,21,23)/t15?,17-/m0/s1. The number of nitrogens with one attached hydrogen (secondary N) is 1. The first kappa shape index (κ1) is 18.8. The number of nitrogens with zero attached hydrogens (tertiary/aromatic N) is 2. The highest BCUT2D eigenvalue weighted by Gasteiger charge is 2.34. The molecule has 0 spiro atoms. The van der Waals surface area contributed by atoms with E-state index in [4.69, 9.17) is 4.74 Å². The van der Waals surface area contributed by atoms with Gasteiger partial charge in [0.2, 0.25) is 5.91 Å². The molecule has 1 aromatic carbocycles. The van der Waals surface area contributed by atoms with Crippen molar-refractivity contribution in [1.82, 2.24) is 10.2 Å². The molecule has 0 bridgehead atoms. The molecule has 0 saturated carbocycles. The summed E-state index contributed by atoms with van der Waals surface area (Å²) in [5, 5.41) is 12.1. The van der Waals surface area contributed by atoms with Crippen LogP contribution in [0.1, 0.15) is 43.5 Å². The summed E-state index contributed by atoms with van der Waals surface area (Å²) < 4.78 is 5.14. The second kappa shape index (κ2) is 8.52. The lowest BCUT2D eigenvalue weighted by Gasteiger charge is -2.27. The first-order chi connectivity index (χ1) is 12.0. The molecule has 1 aliphatic rings. The lowest BCUT2D eigenvalue weighted by atomic mass is 10.0. The SMILES string of the molecule is COc1cccc(C(=O)N[C@@H](CC(C)C)C(=O)N2CCCC2C#N)c1. The van der Waals surface area contributed by atoms with Crippen LogP contribution in [-0.2, 0) is 4.79 Å². The van der Waals surface area contributed by atoms with E-state index < -0.39 is 12.1 Å². The lowest BCUT2D eigenvalue weighted by molar-refractivity contribution is -0.133. The zero-order valence-corrected chi connectivity index (χ0v) is 15.0. The minimum absolute atomic E-state index is 0.172. The van der Waals surface area contributed by atoms with Gasteiger partial charge >= 0.3 is 0 Å². The van der Waals surface area contributed by atoms with E-state index in [2.05, 4.69) is 11.4 Å². The molecule has 1 fully saturated rings. The fraction of sp³-hybridized carbons (Fsp3) is 0.526. The molecule has 2 atom stereocenters. The summed E-state index contributed by atoms with van der Waals surface area (Å²) in [5.41, 5.74) is 0.444. The van der Waals surface area contributed by atoms with Crippen molar-refractivity contribution in [3.63, 3.8) is 0 Å². The molecular formula is C19H25N3O3. The Bertz CT molecular complexity index is 666. The maximum absolute atomic E-state index is 12.9. The zero-order chi connectivity index (χ0) is 18.4. The topological polar surface area (TPSA) is 82.4 Å². The van der Waals surface area contributed by atoms with Crippen LogP contribution in [0.4, 0.5) is 0 Å². The molecule has 6 heteroatoms. The van der Waals surface area contributed by atoms with Crippen molar-refractivity contribution in [2.24, 2.45) is 5.92 Å². The highest BCUT2D eigenvalue weighted by atomic mass is 16.5. The van der Waals surface area contributed by atoms with Gasteiger partial charge in [-0.3, -0.25) is 9.59 Å². The predicted octanol–water partition coefficient (Wildman–Crippen LogP) is 2.35. The molecule has 6 nitrogen and oxygen atoms in total. The number of likely N-dealkylation sites (tertiary alicyclic amines) is 1. The van der Waals surface area contributed by atoms with Gasteiger partial charge in [-0.05, 0) is 43.4 Å². The Labute approximate surface area is 148 Å². The first-order valence-corrected chi connectivity index (χ1v) is 8.61. The summed E-state index contributed by atoms with van der Waals surface area (Å²) in [4.78, 5) is 27.0. The number of carbonyl (C=O) groups is 2. The van der Waals surface area contributed by atoms with E-state index in [9.17, 15) is 14.9 Å². The maximum Gasteiger partial charge on any atom is 0.252 e. The first-order valence-electron chi connectivity index (χ1n) is 8.61. The molecule has 0 aliphatic carbocycles. The summed E-state index contributed by atoms with van der Waals surface area (Å²) in [6, 6.07) is 7.97. The number of hydrogen-bond acceptors (Lipinski definition) is 4. The van der Waals surface area contributed by atoms with Crippen molar-refractivity contribution in [3.05, 3.63) is 29.8 Å². The fourth-order valence-electron chi connectivity index (χ4n) is 3.06. The molecule has 134 valence electrons. The Balaban J connectivity index is 2.15. The number of benzene rings is 1. The van der Waals surface area contributed by atoms with E-state index in [1.165, 1.54) is 7.11 Å². The van der Waals surface area contributed by atoms with Gasteiger partial charge in [0.1, 0.15) is 17.8 Å². The Hall–Kier alpha value is -2.55. The second-order valence-corrected chi connectivity index (χ2v) is 6.71. The van der Waals surface area contributed by atoms with Crippen LogP contribution >= 0.6 is 0 Å². The summed E-state index contributed by atoms with van der Waals surface area (Å²) in [5.74, 6) is 0.339. The van der Waals surface area contributed by atoms with Crippen molar-refractivity contribution in [2.75, 3.05) is 13.7 Å². The average molecular weight is 343 g/mol. The number of methoxy groups -OCH3 is 1. The minimum Gasteiger partial charge on any atom is -0.497 e. The Morgan fingerprint density at radius 2 is 2.20 bits per heavy atom. The molecule has 2 amide bonds. The van der Waals surface area contributed by atoms with E-state index in [0.29, 0.717) is 30.7 Å². The summed E-state index contributed by atoms with van der Waals surface area (Å²) in [7, 11) is 1.54. The van der Waals surface area contributed by atoms with Gasteiger partial charge in [0.15, 0.2) is 0 Å². The molecule has 0 radical (unpaired) electrons. The predicted molar refractivity (Wildman–Crippen MR) is 94.1 cm³/mol. The minimum atomic E-state index is -0.632. The normalized spacial score (nSPS) is 17.9. The van der Waals surface area contributed by atoms with E-state index in [-0.39, 0.29) is 17.7 Å². The van der Waals surface area contributed by atoms with Gasteiger partial charge in [0, 0.05) is 12.1 Å². The largest absolute Gasteiger partial charge is 0.497 e. The zero-order valence-electron chi connectivity index (χ0n) is 15.0. The molecule has 1 heterocycles. The van der Waals surface area contributed by atoms with Gasteiger partial charge < -0.3 is 15.0 Å². The van der Waals surface area contributed by atoms with Crippen molar-refractivity contribution >= 4 is 11.8 Å².